The standard InChI is InChI=1S/C14H26N6O/c1-4-9-21-14-17-12(15)16-13(18-14)20-8-6-7-19(3)10-11(20)5-2/h11H,4-10H2,1-3H3,(H2,15,16,17,18). The van der Waals surface area contributed by atoms with Gasteiger partial charge in [0, 0.05) is 19.1 Å². The molecule has 2 rings (SSSR count). The van der Waals surface area contributed by atoms with Crippen LogP contribution in [0.5, 0.6) is 6.01 Å². The molecule has 118 valence electrons. The van der Waals surface area contributed by atoms with E-state index >= 15 is 0 Å². The number of nitrogens with zero attached hydrogens (tertiary/aromatic N) is 5. The molecule has 21 heavy (non-hydrogen) atoms. The van der Waals surface area contributed by atoms with Gasteiger partial charge in [-0.3, -0.25) is 0 Å². The fraction of sp³-hybridized carbons (Fsp3) is 0.786. The third kappa shape index (κ3) is 4.17. The molecule has 0 amide bonds. The normalized spacial score (nSPS) is 20.3. The molecule has 1 aliphatic rings. The zero-order valence-electron chi connectivity index (χ0n) is 13.2. The largest absolute Gasteiger partial charge is 0.463 e. The summed E-state index contributed by atoms with van der Waals surface area (Å²) < 4.78 is 5.51. The van der Waals surface area contributed by atoms with Gasteiger partial charge < -0.3 is 20.3 Å². The topological polar surface area (TPSA) is 80.4 Å². The van der Waals surface area contributed by atoms with E-state index in [2.05, 4.69) is 38.7 Å². The third-order valence-corrected chi connectivity index (χ3v) is 3.69. The molecule has 0 saturated carbocycles. The summed E-state index contributed by atoms with van der Waals surface area (Å²) in [5.41, 5.74) is 5.81. The number of ether oxygens (including phenoxy) is 1. The maximum atomic E-state index is 5.81. The molecule has 7 nitrogen and oxygen atoms in total. The van der Waals surface area contributed by atoms with E-state index in [9.17, 15) is 0 Å². The van der Waals surface area contributed by atoms with Gasteiger partial charge in [-0.2, -0.15) is 15.0 Å². The van der Waals surface area contributed by atoms with E-state index in [1.807, 2.05) is 6.92 Å². The minimum absolute atomic E-state index is 0.221. The summed E-state index contributed by atoms with van der Waals surface area (Å²) in [5, 5.41) is 0. The average molecular weight is 294 g/mol. The van der Waals surface area contributed by atoms with E-state index in [4.69, 9.17) is 10.5 Å². The molecule has 1 aromatic rings. The van der Waals surface area contributed by atoms with E-state index in [1.165, 1.54) is 0 Å². The molecule has 1 unspecified atom stereocenters. The highest BCUT2D eigenvalue weighted by Crippen LogP contribution is 2.20. The van der Waals surface area contributed by atoms with E-state index in [1.54, 1.807) is 0 Å². The number of anilines is 2. The van der Waals surface area contributed by atoms with Crippen LogP contribution in [0.3, 0.4) is 0 Å². The minimum Gasteiger partial charge on any atom is -0.463 e. The second-order valence-corrected chi connectivity index (χ2v) is 5.50. The lowest BCUT2D eigenvalue weighted by Crippen LogP contribution is -2.41. The minimum atomic E-state index is 0.221. The lowest BCUT2D eigenvalue weighted by molar-refractivity contribution is 0.291. The predicted octanol–water partition coefficient (Wildman–Crippen LogP) is 1.16. The summed E-state index contributed by atoms with van der Waals surface area (Å²) in [5.74, 6) is 0.856. The zero-order chi connectivity index (χ0) is 15.2. The molecule has 1 aliphatic heterocycles. The Morgan fingerprint density at radius 2 is 2.05 bits per heavy atom. The lowest BCUT2D eigenvalue weighted by atomic mass is 10.2. The highest BCUT2D eigenvalue weighted by molar-refractivity contribution is 5.37. The fourth-order valence-corrected chi connectivity index (χ4v) is 2.60. The van der Waals surface area contributed by atoms with Crippen molar-refractivity contribution in [2.75, 3.05) is 43.9 Å². The second kappa shape index (κ2) is 7.40. The lowest BCUT2D eigenvalue weighted by Gasteiger charge is -2.30. The Labute approximate surface area is 126 Å². The van der Waals surface area contributed by atoms with E-state index in [0.717, 1.165) is 38.9 Å². The summed E-state index contributed by atoms with van der Waals surface area (Å²) in [7, 11) is 2.16. The first-order valence-corrected chi connectivity index (χ1v) is 7.73. The molecule has 0 spiro atoms. The second-order valence-electron chi connectivity index (χ2n) is 5.50. The van der Waals surface area contributed by atoms with Gasteiger partial charge in [0.25, 0.3) is 0 Å². The van der Waals surface area contributed by atoms with Crippen molar-refractivity contribution in [3.63, 3.8) is 0 Å². The Bertz CT molecular complexity index is 455. The van der Waals surface area contributed by atoms with Crippen LogP contribution in [0.1, 0.15) is 33.1 Å². The Morgan fingerprint density at radius 3 is 2.76 bits per heavy atom. The maximum absolute atomic E-state index is 5.81. The number of hydrogen-bond donors (Lipinski definition) is 1. The number of hydrogen-bond acceptors (Lipinski definition) is 7. The van der Waals surface area contributed by atoms with Gasteiger partial charge in [-0.05, 0) is 32.9 Å². The van der Waals surface area contributed by atoms with Crippen LogP contribution in [-0.4, -0.2) is 59.2 Å². The van der Waals surface area contributed by atoms with Crippen LogP contribution in [-0.2, 0) is 0 Å². The van der Waals surface area contributed by atoms with Crippen molar-refractivity contribution in [3.8, 4) is 6.01 Å². The molecule has 1 aromatic heterocycles. The van der Waals surface area contributed by atoms with Crippen molar-refractivity contribution in [1.82, 2.24) is 19.9 Å². The first-order chi connectivity index (χ1) is 10.1. The van der Waals surface area contributed by atoms with E-state index in [-0.39, 0.29) is 5.95 Å². The number of nitrogen functional groups attached to an aromatic ring is 1. The van der Waals surface area contributed by atoms with Gasteiger partial charge in [0.1, 0.15) is 0 Å². The maximum Gasteiger partial charge on any atom is 0.323 e. The molecule has 7 heteroatoms. The molecule has 0 aliphatic carbocycles. The molecule has 1 saturated heterocycles. The van der Waals surface area contributed by atoms with Crippen molar-refractivity contribution in [1.29, 1.82) is 0 Å². The SMILES string of the molecule is CCCOc1nc(N)nc(N2CCCN(C)CC2CC)n1. The molecule has 0 bridgehead atoms. The Hall–Kier alpha value is -1.63. The van der Waals surface area contributed by atoms with Crippen LogP contribution in [0.2, 0.25) is 0 Å². The smallest absolute Gasteiger partial charge is 0.323 e. The number of nitrogens with two attached hydrogens (primary N) is 1. The van der Waals surface area contributed by atoms with Crippen LogP contribution in [0, 0.1) is 0 Å². The van der Waals surface area contributed by atoms with Gasteiger partial charge in [-0.15, -0.1) is 0 Å². The quantitative estimate of drug-likeness (QED) is 0.872. The Morgan fingerprint density at radius 1 is 1.24 bits per heavy atom. The van der Waals surface area contributed by atoms with E-state index in [0.29, 0.717) is 24.6 Å². The van der Waals surface area contributed by atoms with Gasteiger partial charge in [0.05, 0.1) is 6.61 Å². The molecule has 0 aromatic carbocycles. The molecule has 1 atom stereocenters. The number of rotatable bonds is 5. The first kappa shape index (κ1) is 15.8. The fourth-order valence-electron chi connectivity index (χ4n) is 2.60. The molecule has 0 radical (unpaired) electrons. The molecule has 1 fully saturated rings. The zero-order valence-corrected chi connectivity index (χ0v) is 13.2. The van der Waals surface area contributed by atoms with Gasteiger partial charge in [-0.25, -0.2) is 0 Å². The summed E-state index contributed by atoms with van der Waals surface area (Å²) in [6.45, 7) is 7.85. The van der Waals surface area contributed by atoms with Gasteiger partial charge >= 0.3 is 6.01 Å². The highest BCUT2D eigenvalue weighted by Gasteiger charge is 2.25. The number of likely N-dealkylation sites (N-methyl/N-ethyl adjacent to an activating group) is 1. The van der Waals surface area contributed by atoms with Crippen LogP contribution >= 0.6 is 0 Å². The van der Waals surface area contributed by atoms with Crippen molar-refractivity contribution < 1.29 is 4.74 Å². The predicted molar refractivity (Wildman–Crippen MR) is 83.6 cm³/mol. The molecule has 2 N–H and O–H groups in total. The number of aromatic nitrogens is 3. The van der Waals surface area contributed by atoms with Crippen molar-refractivity contribution in [2.24, 2.45) is 0 Å². The average Bonchev–Trinajstić information content (AvgIpc) is 2.65. The van der Waals surface area contributed by atoms with Gasteiger partial charge in [-0.1, -0.05) is 13.8 Å². The van der Waals surface area contributed by atoms with Crippen LogP contribution < -0.4 is 15.4 Å². The Kier molecular flexibility index (Phi) is 5.55. The Balaban J connectivity index is 2.23. The van der Waals surface area contributed by atoms with Gasteiger partial charge in [0.2, 0.25) is 11.9 Å². The third-order valence-electron chi connectivity index (χ3n) is 3.69. The molecular weight excluding hydrogens is 268 g/mol. The summed E-state index contributed by atoms with van der Waals surface area (Å²) in [6.07, 6.45) is 3.04. The molecule has 2 heterocycles. The van der Waals surface area contributed by atoms with Crippen molar-refractivity contribution in [3.05, 3.63) is 0 Å². The summed E-state index contributed by atoms with van der Waals surface area (Å²) >= 11 is 0. The molecular formula is C14H26N6O. The van der Waals surface area contributed by atoms with E-state index < -0.39 is 0 Å². The monoisotopic (exact) mass is 294 g/mol. The van der Waals surface area contributed by atoms with Crippen LogP contribution in [0.25, 0.3) is 0 Å². The first-order valence-electron chi connectivity index (χ1n) is 7.73. The van der Waals surface area contributed by atoms with Crippen molar-refractivity contribution in [2.45, 2.75) is 39.2 Å². The van der Waals surface area contributed by atoms with Crippen LogP contribution in [0.4, 0.5) is 11.9 Å². The van der Waals surface area contributed by atoms with Crippen LogP contribution in [0.15, 0.2) is 0 Å². The van der Waals surface area contributed by atoms with Gasteiger partial charge in [0.15, 0.2) is 0 Å². The summed E-state index contributed by atoms with van der Waals surface area (Å²) in [4.78, 5) is 17.4. The highest BCUT2D eigenvalue weighted by atomic mass is 16.5. The van der Waals surface area contributed by atoms with Crippen molar-refractivity contribution >= 4 is 11.9 Å². The summed E-state index contributed by atoms with van der Waals surface area (Å²) in [6, 6.07) is 0.713.